The van der Waals surface area contributed by atoms with Crippen LogP contribution in [0.1, 0.15) is 22.8 Å². The van der Waals surface area contributed by atoms with E-state index in [4.69, 9.17) is 4.74 Å². The molecule has 0 bridgehead atoms. The van der Waals surface area contributed by atoms with Gasteiger partial charge in [0, 0.05) is 5.33 Å². The van der Waals surface area contributed by atoms with Gasteiger partial charge in [0.15, 0.2) is 0 Å². The zero-order valence-electron chi connectivity index (χ0n) is 8.57. The van der Waals surface area contributed by atoms with Crippen LogP contribution in [0, 0.1) is 0 Å². The maximum Gasteiger partial charge on any atom is 0.338 e. The Bertz CT molecular complexity index is 341. The van der Waals surface area contributed by atoms with Gasteiger partial charge in [-0.05, 0) is 24.6 Å². The van der Waals surface area contributed by atoms with E-state index in [1.54, 1.807) is 19.1 Å². The monoisotopic (exact) mass is 268 g/mol. The van der Waals surface area contributed by atoms with Gasteiger partial charge in [0.1, 0.15) is 0 Å². The quantitative estimate of drug-likeness (QED) is 0.619. The van der Waals surface area contributed by atoms with Gasteiger partial charge in [-0.15, -0.1) is 0 Å². The fourth-order valence-electron chi connectivity index (χ4n) is 1.13. The summed E-state index contributed by atoms with van der Waals surface area (Å²) in [7, 11) is 0. The summed E-state index contributed by atoms with van der Waals surface area (Å²) in [6.07, 6.45) is 3.99. The molecule has 1 aromatic rings. The number of hydrogen-bond acceptors (Lipinski definition) is 2. The molecule has 2 nitrogen and oxygen atoms in total. The van der Waals surface area contributed by atoms with Crippen molar-refractivity contribution < 1.29 is 9.53 Å². The lowest BCUT2D eigenvalue weighted by Gasteiger charge is -2.01. The summed E-state index contributed by atoms with van der Waals surface area (Å²) in [6, 6.07) is 7.33. The lowest BCUT2D eigenvalue weighted by atomic mass is 10.1. The summed E-state index contributed by atoms with van der Waals surface area (Å²) in [6.45, 7) is 2.20. The van der Waals surface area contributed by atoms with Crippen molar-refractivity contribution in [3.05, 3.63) is 41.5 Å². The minimum absolute atomic E-state index is 0.270. The number of allylic oxidation sites excluding steroid dienone is 1. The lowest BCUT2D eigenvalue weighted by molar-refractivity contribution is 0.0526. The number of rotatable bonds is 4. The zero-order chi connectivity index (χ0) is 11.1. The highest BCUT2D eigenvalue weighted by molar-refractivity contribution is 9.09. The molecule has 80 valence electrons. The largest absolute Gasteiger partial charge is 0.462 e. The molecule has 0 spiro atoms. The first-order valence-corrected chi connectivity index (χ1v) is 5.89. The Morgan fingerprint density at radius 1 is 1.40 bits per heavy atom. The molecule has 0 amide bonds. The number of ether oxygens (including phenoxy) is 1. The van der Waals surface area contributed by atoms with Gasteiger partial charge in [0.05, 0.1) is 12.2 Å². The van der Waals surface area contributed by atoms with Gasteiger partial charge >= 0.3 is 5.97 Å². The predicted molar refractivity (Wildman–Crippen MR) is 65.2 cm³/mol. The van der Waals surface area contributed by atoms with Crippen molar-refractivity contribution >= 4 is 28.0 Å². The van der Waals surface area contributed by atoms with Gasteiger partial charge in [0.2, 0.25) is 0 Å². The van der Waals surface area contributed by atoms with Crippen molar-refractivity contribution in [2.45, 2.75) is 6.92 Å². The molecule has 1 aromatic carbocycles. The summed E-state index contributed by atoms with van der Waals surface area (Å²) in [4.78, 5) is 11.3. The minimum Gasteiger partial charge on any atom is -0.462 e. The molecular weight excluding hydrogens is 256 g/mol. The van der Waals surface area contributed by atoms with E-state index in [-0.39, 0.29) is 5.97 Å². The van der Waals surface area contributed by atoms with Crippen LogP contribution in [0.15, 0.2) is 30.3 Å². The van der Waals surface area contributed by atoms with E-state index in [0.717, 1.165) is 10.9 Å². The number of alkyl halides is 1. The van der Waals surface area contributed by atoms with Crippen LogP contribution >= 0.6 is 15.9 Å². The molecule has 0 N–H and O–H groups in total. The van der Waals surface area contributed by atoms with E-state index < -0.39 is 0 Å². The maximum atomic E-state index is 11.3. The third kappa shape index (κ3) is 3.88. The first kappa shape index (κ1) is 12.0. The molecule has 0 unspecified atom stereocenters. The second-order valence-electron chi connectivity index (χ2n) is 2.90. The number of benzene rings is 1. The van der Waals surface area contributed by atoms with Gasteiger partial charge in [-0.1, -0.05) is 40.2 Å². The van der Waals surface area contributed by atoms with Crippen LogP contribution in [-0.4, -0.2) is 17.9 Å². The van der Waals surface area contributed by atoms with Crippen LogP contribution in [0.25, 0.3) is 6.08 Å². The first-order chi connectivity index (χ1) is 7.27. The van der Waals surface area contributed by atoms with Crippen LogP contribution < -0.4 is 0 Å². The molecule has 0 aliphatic carbocycles. The fraction of sp³-hybridized carbons (Fsp3) is 0.250. The Morgan fingerprint density at radius 3 is 2.60 bits per heavy atom. The third-order valence-electron chi connectivity index (χ3n) is 1.82. The van der Waals surface area contributed by atoms with Crippen molar-refractivity contribution in [2.24, 2.45) is 0 Å². The second-order valence-corrected chi connectivity index (χ2v) is 3.55. The molecule has 0 aliphatic rings. The highest BCUT2D eigenvalue weighted by atomic mass is 79.9. The van der Waals surface area contributed by atoms with E-state index in [2.05, 4.69) is 15.9 Å². The molecule has 0 aromatic heterocycles. The molecule has 0 saturated heterocycles. The van der Waals surface area contributed by atoms with Crippen molar-refractivity contribution in [1.29, 1.82) is 0 Å². The standard InChI is InChI=1S/C12H13BrO2/c1-2-15-12(14)11-7-5-10(6-8-11)4-3-9-13/h3-8H,2,9H2,1H3/b4-3+. The SMILES string of the molecule is CCOC(=O)c1ccc(/C=C/CBr)cc1. The normalized spacial score (nSPS) is 10.5. The Hall–Kier alpha value is -1.09. The number of halogens is 1. The Morgan fingerprint density at radius 2 is 2.07 bits per heavy atom. The summed E-state index contributed by atoms with van der Waals surface area (Å²) >= 11 is 3.30. The molecule has 0 aliphatic heterocycles. The first-order valence-electron chi connectivity index (χ1n) is 4.77. The smallest absolute Gasteiger partial charge is 0.338 e. The highest BCUT2D eigenvalue weighted by Crippen LogP contribution is 2.07. The number of carbonyl (C=O) groups is 1. The second kappa shape index (κ2) is 6.40. The lowest BCUT2D eigenvalue weighted by Crippen LogP contribution is -2.03. The average molecular weight is 269 g/mol. The molecule has 15 heavy (non-hydrogen) atoms. The van der Waals surface area contributed by atoms with Gasteiger partial charge in [-0.3, -0.25) is 0 Å². The number of carbonyl (C=O) groups excluding carboxylic acids is 1. The van der Waals surface area contributed by atoms with Gasteiger partial charge in [0.25, 0.3) is 0 Å². The van der Waals surface area contributed by atoms with Gasteiger partial charge < -0.3 is 4.74 Å². The third-order valence-corrected chi connectivity index (χ3v) is 2.20. The Kier molecular flexibility index (Phi) is 5.12. The zero-order valence-corrected chi connectivity index (χ0v) is 10.2. The molecule has 0 saturated carbocycles. The van der Waals surface area contributed by atoms with E-state index in [9.17, 15) is 4.79 Å². The predicted octanol–water partition coefficient (Wildman–Crippen LogP) is 3.27. The molecule has 0 radical (unpaired) electrons. The molecule has 0 heterocycles. The number of hydrogen-bond donors (Lipinski definition) is 0. The summed E-state index contributed by atoms with van der Waals surface area (Å²) in [5, 5.41) is 0.826. The molecule has 3 heteroatoms. The van der Waals surface area contributed by atoms with Gasteiger partial charge in [-0.25, -0.2) is 4.79 Å². The summed E-state index contributed by atoms with van der Waals surface area (Å²) < 4.78 is 4.88. The summed E-state index contributed by atoms with van der Waals surface area (Å²) in [5.74, 6) is -0.270. The van der Waals surface area contributed by atoms with Crippen LogP contribution in [0.5, 0.6) is 0 Å². The molecule has 0 fully saturated rings. The number of esters is 1. The topological polar surface area (TPSA) is 26.3 Å². The minimum atomic E-state index is -0.270. The van der Waals surface area contributed by atoms with Crippen molar-refractivity contribution in [3.8, 4) is 0 Å². The van der Waals surface area contributed by atoms with Crippen LogP contribution in [0.4, 0.5) is 0 Å². The van der Waals surface area contributed by atoms with E-state index in [0.29, 0.717) is 12.2 Å². The maximum absolute atomic E-state index is 11.3. The van der Waals surface area contributed by atoms with Crippen molar-refractivity contribution in [2.75, 3.05) is 11.9 Å². The highest BCUT2D eigenvalue weighted by Gasteiger charge is 2.04. The van der Waals surface area contributed by atoms with E-state index in [1.165, 1.54) is 0 Å². The van der Waals surface area contributed by atoms with E-state index >= 15 is 0 Å². The van der Waals surface area contributed by atoms with Gasteiger partial charge in [-0.2, -0.15) is 0 Å². The van der Waals surface area contributed by atoms with E-state index in [1.807, 2.05) is 24.3 Å². The fourth-order valence-corrected chi connectivity index (χ4v) is 1.31. The molecule has 1 rings (SSSR count). The summed E-state index contributed by atoms with van der Waals surface area (Å²) in [5.41, 5.74) is 1.66. The van der Waals surface area contributed by atoms with Crippen molar-refractivity contribution in [3.63, 3.8) is 0 Å². The van der Waals surface area contributed by atoms with Crippen LogP contribution in [0.2, 0.25) is 0 Å². The average Bonchev–Trinajstić information content (AvgIpc) is 2.27. The van der Waals surface area contributed by atoms with Crippen LogP contribution in [-0.2, 0) is 4.74 Å². The van der Waals surface area contributed by atoms with Crippen LogP contribution in [0.3, 0.4) is 0 Å². The molecule has 0 atom stereocenters. The Balaban J connectivity index is 2.71. The molecular formula is C12H13BrO2. The Labute approximate surface area is 98.1 Å². The van der Waals surface area contributed by atoms with Crippen molar-refractivity contribution in [1.82, 2.24) is 0 Å².